The van der Waals surface area contributed by atoms with Crippen LogP contribution in [0.25, 0.3) is 0 Å². The molecule has 0 radical (unpaired) electrons. The SMILES string of the molecule is CC1(C)CC(=O)C2=C(C1)Nc1ccccc1N[C@H]2c1cccc(OC(=O)c2ccc(Cl)cc2)c1. The van der Waals surface area contributed by atoms with Crippen molar-refractivity contribution in [3.63, 3.8) is 0 Å². The van der Waals surface area contributed by atoms with Gasteiger partial charge in [-0.1, -0.05) is 49.7 Å². The summed E-state index contributed by atoms with van der Waals surface area (Å²) < 4.78 is 5.64. The quantitative estimate of drug-likeness (QED) is 0.325. The number of carbonyl (C=O) groups is 2. The van der Waals surface area contributed by atoms with Gasteiger partial charge in [-0.25, -0.2) is 4.79 Å². The number of hydrogen-bond acceptors (Lipinski definition) is 5. The van der Waals surface area contributed by atoms with Gasteiger partial charge in [0.15, 0.2) is 5.78 Å². The minimum absolute atomic E-state index is 0.118. The largest absolute Gasteiger partial charge is 0.423 e. The van der Waals surface area contributed by atoms with Crippen molar-refractivity contribution in [2.45, 2.75) is 32.7 Å². The molecule has 1 aliphatic carbocycles. The summed E-state index contributed by atoms with van der Waals surface area (Å²) in [5, 5.41) is 7.63. The van der Waals surface area contributed by atoms with E-state index in [4.69, 9.17) is 16.3 Å². The smallest absolute Gasteiger partial charge is 0.343 e. The van der Waals surface area contributed by atoms with Crippen LogP contribution in [-0.4, -0.2) is 11.8 Å². The molecule has 1 atom stereocenters. The number of halogens is 1. The lowest BCUT2D eigenvalue weighted by molar-refractivity contribution is -0.118. The first-order chi connectivity index (χ1) is 16.3. The predicted octanol–water partition coefficient (Wildman–Crippen LogP) is 6.78. The van der Waals surface area contributed by atoms with Crippen LogP contribution in [0.2, 0.25) is 5.02 Å². The summed E-state index contributed by atoms with van der Waals surface area (Å²) >= 11 is 5.92. The Bertz CT molecular complexity index is 1310. The molecule has 0 saturated heterocycles. The molecule has 2 aliphatic rings. The summed E-state index contributed by atoms with van der Waals surface area (Å²) in [4.78, 5) is 26.0. The second kappa shape index (κ2) is 8.65. The Kier molecular flexibility index (Phi) is 5.66. The first-order valence-electron chi connectivity index (χ1n) is 11.3. The van der Waals surface area contributed by atoms with Crippen molar-refractivity contribution in [2.75, 3.05) is 10.6 Å². The molecule has 5 nitrogen and oxygen atoms in total. The van der Waals surface area contributed by atoms with Gasteiger partial charge in [-0.15, -0.1) is 0 Å². The van der Waals surface area contributed by atoms with Gasteiger partial charge in [0.05, 0.1) is 23.0 Å². The van der Waals surface area contributed by atoms with Gasteiger partial charge < -0.3 is 15.4 Å². The van der Waals surface area contributed by atoms with E-state index in [0.717, 1.165) is 34.6 Å². The van der Waals surface area contributed by atoms with Crippen LogP contribution in [0.4, 0.5) is 11.4 Å². The van der Waals surface area contributed by atoms with E-state index in [-0.39, 0.29) is 17.2 Å². The number of esters is 1. The van der Waals surface area contributed by atoms with Gasteiger partial charge in [0, 0.05) is 22.7 Å². The molecule has 0 aromatic heterocycles. The molecule has 0 unspecified atom stereocenters. The molecule has 0 amide bonds. The zero-order valence-corrected chi connectivity index (χ0v) is 19.8. The van der Waals surface area contributed by atoms with Crippen molar-refractivity contribution >= 4 is 34.7 Å². The zero-order valence-electron chi connectivity index (χ0n) is 19.0. The van der Waals surface area contributed by atoms with Crippen molar-refractivity contribution in [1.82, 2.24) is 0 Å². The van der Waals surface area contributed by atoms with Gasteiger partial charge in [0.1, 0.15) is 5.75 Å². The van der Waals surface area contributed by atoms with E-state index >= 15 is 0 Å². The predicted molar refractivity (Wildman–Crippen MR) is 134 cm³/mol. The number of fused-ring (bicyclic) bond motifs is 1. The number of rotatable bonds is 3. The van der Waals surface area contributed by atoms with E-state index in [2.05, 4.69) is 24.5 Å². The molecule has 0 spiro atoms. The monoisotopic (exact) mass is 472 g/mol. The highest BCUT2D eigenvalue weighted by Gasteiger charge is 2.38. The van der Waals surface area contributed by atoms with Gasteiger partial charge in [-0.3, -0.25) is 4.79 Å². The summed E-state index contributed by atoms with van der Waals surface area (Å²) in [5.74, 6) is 0.0631. The second-order valence-electron chi connectivity index (χ2n) is 9.55. The Balaban J connectivity index is 1.52. The molecule has 3 aromatic carbocycles. The van der Waals surface area contributed by atoms with Crippen molar-refractivity contribution < 1.29 is 14.3 Å². The number of anilines is 2. The number of para-hydroxylation sites is 2. The minimum atomic E-state index is -0.468. The molecule has 0 bridgehead atoms. The molecular weight excluding hydrogens is 448 g/mol. The minimum Gasteiger partial charge on any atom is -0.423 e. The van der Waals surface area contributed by atoms with Crippen LogP contribution in [0.15, 0.2) is 84.1 Å². The zero-order chi connectivity index (χ0) is 23.9. The third-order valence-electron chi connectivity index (χ3n) is 6.20. The molecule has 2 N–H and O–H groups in total. The average molecular weight is 473 g/mol. The van der Waals surface area contributed by atoms with Gasteiger partial charge in [0.25, 0.3) is 0 Å². The summed E-state index contributed by atoms with van der Waals surface area (Å²) in [6, 6.07) is 21.5. The Hall–Kier alpha value is -3.57. The maximum absolute atomic E-state index is 13.4. The number of nitrogens with one attached hydrogen (secondary N) is 2. The molecule has 0 saturated carbocycles. The van der Waals surface area contributed by atoms with E-state index in [1.165, 1.54) is 0 Å². The van der Waals surface area contributed by atoms with Gasteiger partial charge in [-0.2, -0.15) is 0 Å². The Morgan fingerprint density at radius 1 is 0.971 bits per heavy atom. The van der Waals surface area contributed by atoms with Crippen LogP contribution in [-0.2, 0) is 4.79 Å². The second-order valence-corrected chi connectivity index (χ2v) is 9.99. The van der Waals surface area contributed by atoms with Gasteiger partial charge >= 0.3 is 5.97 Å². The fraction of sp³-hybridized carbons (Fsp3) is 0.214. The number of carbonyl (C=O) groups excluding carboxylic acids is 2. The number of hydrogen-bond donors (Lipinski definition) is 2. The normalized spacial score (nSPS) is 18.7. The van der Waals surface area contributed by atoms with Crippen LogP contribution >= 0.6 is 11.6 Å². The third-order valence-corrected chi connectivity index (χ3v) is 6.45. The lowest BCUT2D eigenvalue weighted by Crippen LogP contribution is -2.31. The fourth-order valence-corrected chi connectivity index (χ4v) is 4.77. The topological polar surface area (TPSA) is 67.4 Å². The maximum Gasteiger partial charge on any atom is 0.343 e. The Morgan fingerprint density at radius 3 is 2.47 bits per heavy atom. The molecule has 1 aliphatic heterocycles. The van der Waals surface area contributed by atoms with Crippen molar-refractivity contribution in [3.8, 4) is 5.75 Å². The van der Waals surface area contributed by atoms with Crippen molar-refractivity contribution in [1.29, 1.82) is 0 Å². The fourth-order valence-electron chi connectivity index (χ4n) is 4.65. The number of benzene rings is 3. The molecule has 172 valence electrons. The lowest BCUT2D eigenvalue weighted by Gasteiger charge is -2.34. The van der Waals surface area contributed by atoms with Gasteiger partial charge in [0.2, 0.25) is 0 Å². The maximum atomic E-state index is 13.4. The summed E-state index contributed by atoms with van der Waals surface area (Å²) in [5.41, 5.74) is 4.66. The molecule has 5 rings (SSSR count). The summed E-state index contributed by atoms with van der Waals surface area (Å²) in [6.45, 7) is 4.23. The van der Waals surface area contributed by atoms with E-state index in [9.17, 15) is 9.59 Å². The molecule has 3 aromatic rings. The van der Waals surface area contributed by atoms with Crippen LogP contribution < -0.4 is 15.4 Å². The lowest BCUT2D eigenvalue weighted by atomic mass is 9.73. The first-order valence-corrected chi connectivity index (χ1v) is 11.6. The standard InChI is InChI=1S/C28H25ClN2O3/c1-28(2)15-23-25(24(32)16-28)26(31-22-9-4-3-8-21(22)30-23)18-6-5-7-20(14-18)34-27(33)17-10-12-19(29)13-11-17/h3-14,26,30-31H,15-16H2,1-2H3/t26-/m0/s1. The number of Topliss-reactive ketones (excluding diaryl/α,β-unsaturated/α-hetero) is 1. The van der Waals surface area contributed by atoms with Crippen LogP contribution in [0.3, 0.4) is 0 Å². The summed E-state index contributed by atoms with van der Waals surface area (Å²) in [7, 11) is 0. The highest BCUT2D eigenvalue weighted by molar-refractivity contribution is 6.30. The molecule has 1 heterocycles. The van der Waals surface area contributed by atoms with E-state index in [1.54, 1.807) is 30.3 Å². The molecule has 34 heavy (non-hydrogen) atoms. The molecule has 6 heteroatoms. The van der Waals surface area contributed by atoms with E-state index in [0.29, 0.717) is 22.8 Å². The number of ether oxygens (including phenoxy) is 1. The molecule has 0 fully saturated rings. The van der Waals surface area contributed by atoms with Gasteiger partial charge in [-0.05, 0) is 65.9 Å². The van der Waals surface area contributed by atoms with Crippen LogP contribution in [0.5, 0.6) is 5.75 Å². The average Bonchev–Trinajstić information content (AvgIpc) is 2.95. The number of allylic oxidation sites excluding steroid dienone is 1. The highest BCUT2D eigenvalue weighted by atomic mass is 35.5. The third kappa shape index (κ3) is 4.44. The van der Waals surface area contributed by atoms with Crippen LogP contribution in [0, 0.1) is 5.41 Å². The van der Waals surface area contributed by atoms with E-state index in [1.807, 2.05) is 42.5 Å². The Labute approximate surface area is 203 Å². The van der Waals surface area contributed by atoms with E-state index < -0.39 is 5.97 Å². The van der Waals surface area contributed by atoms with Crippen molar-refractivity contribution in [3.05, 3.63) is 100 Å². The molecular formula is C28H25ClN2O3. The highest BCUT2D eigenvalue weighted by Crippen LogP contribution is 2.45. The van der Waals surface area contributed by atoms with Crippen molar-refractivity contribution in [2.24, 2.45) is 5.41 Å². The van der Waals surface area contributed by atoms with Crippen LogP contribution in [0.1, 0.15) is 48.7 Å². The Morgan fingerprint density at radius 2 is 1.71 bits per heavy atom. The summed E-state index contributed by atoms with van der Waals surface area (Å²) in [6.07, 6.45) is 1.25. The number of ketones is 1. The first kappa shape index (κ1) is 22.2.